The Labute approximate surface area is 108 Å². The van der Waals surface area contributed by atoms with Crippen molar-refractivity contribution in [2.24, 2.45) is 0 Å². The lowest BCUT2D eigenvalue weighted by Crippen LogP contribution is -2.16. The Balaban J connectivity index is 3.24. The molecule has 0 aliphatic carbocycles. The van der Waals surface area contributed by atoms with Crippen molar-refractivity contribution in [1.29, 1.82) is 0 Å². The van der Waals surface area contributed by atoms with Gasteiger partial charge in [0.05, 0.1) is 0 Å². The van der Waals surface area contributed by atoms with Gasteiger partial charge < -0.3 is 0 Å². The maximum absolute atomic E-state index is 13.0. The summed E-state index contributed by atoms with van der Waals surface area (Å²) in [6.45, 7) is 0.596. The summed E-state index contributed by atoms with van der Waals surface area (Å²) < 4.78 is 63.3. The van der Waals surface area contributed by atoms with Gasteiger partial charge in [0.25, 0.3) is 5.92 Å². The van der Waals surface area contributed by atoms with Crippen LogP contribution in [0.5, 0.6) is 0 Å². The van der Waals surface area contributed by atoms with Crippen LogP contribution >= 0.6 is 27.5 Å². The van der Waals surface area contributed by atoms with Crippen LogP contribution in [0, 0.1) is 0 Å². The molecule has 1 unspecified atom stereocenters. The highest BCUT2D eigenvalue weighted by Crippen LogP contribution is 2.42. The third-order valence-corrected chi connectivity index (χ3v) is 3.27. The number of alkyl halides is 6. The Morgan fingerprint density at radius 2 is 1.65 bits per heavy atom. The van der Waals surface area contributed by atoms with Gasteiger partial charge in [0, 0.05) is 17.5 Å². The molecule has 1 aromatic rings. The van der Waals surface area contributed by atoms with Crippen LogP contribution in [0.1, 0.15) is 22.9 Å². The van der Waals surface area contributed by atoms with Crippen LogP contribution in [0.4, 0.5) is 22.0 Å². The first-order valence-electron chi connectivity index (χ1n) is 4.41. The molecular formula is C10H7BrClF5. The molecule has 0 spiro atoms. The van der Waals surface area contributed by atoms with E-state index in [1.165, 1.54) is 0 Å². The standard InChI is InChI=1S/C10H7BrClF5/c1-9(13,14)6-2-5(3-7(12)4-6)8(11)10(15,16)17/h2-4,8H,1H3. The van der Waals surface area contributed by atoms with E-state index in [4.69, 9.17) is 11.6 Å². The summed E-state index contributed by atoms with van der Waals surface area (Å²) in [6, 6.07) is 2.74. The highest BCUT2D eigenvalue weighted by molar-refractivity contribution is 9.09. The normalized spacial score (nSPS) is 14.8. The number of hydrogen-bond acceptors (Lipinski definition) is 0. The minimum absolute atomic E-state index is 0.160. The third kappa shape index (κ3) is 3.81. The van der Waals surface area contributed by atoms with Crippen LogP contribution in [0.25, 0.3) is 0 Å². The number of benzene rings is 1. The van der Waals surface area contributed by atoms with Crippen molar-refractivity contribution in [3.8, 4) is 0 Å². The lowest BCUT2D eigenvalue weighted by molar-refractivity contribution is -0.128. The minimum atomic E-state index is -4.56. The number of hydrogen-bond donors (Lipinski definition) is 0. The molecule has 0 radical (unpaired) electrons. The van der Waals surface area contributed by atoms with Crippen molar-refractivity contribution in [1.82, 2.24) is 0 Å². The Hall–Kier alpha value is -0.360. The fourth-order valence-corrected chi connectivity index (χ4v) is 1.71. The van der Waals surface area contributed by atoms with E-state index in [-0.39, 0.29) is 10.6 Å². The highest BCUT2D eigenvalue weighted by atomic mass is 79.9. The molecule has 0 nitrogen and oxygen atoms in total. The van der Waals surface area contributed by atoms with Crippen LogP contribution in [-0.2, 0) is 5.92 Å². The maximum Gasteiger partial charge on any atom is 0.405 e. The summed E-state index contributed by atoms with van der Waals surface area (Å²) >= 11 is 7.94. The highest BCUT2D eigenvalue weighted by Gasteiger charge is 2.39. The summed E-state index contributed by atoms with van der Waals surface area (Å²) in [5, 5.41) is -0.160. The molecule has 0 amide bonds. The second kappa shape index (κ2) is 4.72. The Morgan fingerprint density at radius 3 is 2.06 bits per heavy atom. The molecule has 1 aromatic carbocycles. The molecule has 0 aliphatic heterocycles. The van der Waals surface area contributed by atoms with Gasteiger partial charge in [-0.25, -0.2) is 8.78 Å². The molecule has 1 rings (SSSR count). The van der Waals surface area contributed by atoms with Gasteiger partial charge >= 0.3 is 6.18 Å². The zero-order chi connectivity index (χ0) is 13.4. The van der Waals surface area contributed by atoms with E-state index in [0.29, 0.717) is 6.92 Å². The van der Waals surface area contributed by atoms with Crippen LogP contribution in [-0.4, -0.2) is 6.18 Å². The van der Waals surface area contributed by atoms with Gasteiger partial charge in [0.1, 0.15) is 4.83 Å². The van der Waals surface area contributed by atoms with Crippen LogP contribution < -0.4 is 0 Å². The molecule has 0 saturated carbocycles. The molecule has 0 aliphatic rings. The quantitative estimate of drug-likeness (QED) is 0.497. The molecule has 7 heteroatoms. The first-order valence-corrected chi connectivity index (χ1v) is 5.71. The smallest absolute Gasteiger partial charge is 0.202 e. The average molecular weight is 338 g/mol. The van der Waals surface area contributed by atoms with Crippen LogP contribution in [0.2, 0.25) is 5.02 Å². The van der Waals surface area contributed by atoms with Gasteiger partial charge in [0.15, 0.2) is 0 Å². The first-order chi connectivity index (χ1) is 7.51. The van der Waals surface area contributed by atoms with Gasteiger partial charge in [-0.3, -0.25) is 0 Å². The van der Waals surface area contributed by atoms with E-state index in [1.54, 1.807) is 0 Å². The topological polar surface area (TPSA) is 0 Å². The molecule has 0 N–H and O–H groups in total. The largest absolute Gasteiger partial charge is 0.405 e. The van der Waals surface area contributed by atoms with Crippen LogP contribution in [0.3, 0.4) is 0 Å². The van der Waals surface area contributed by atoms with Crippen molar-refractivity contribution in [2.75, 3.05) is 0 Å². The van der Waals surface area contributed by atoms with Gasteiger partial charge in [-0.2, -0.15) is 13.2 Å². The lowest BCUT2D eigenvalue weighted by Gasteiger charge is -2.17. The fraction of sp³-hybridized carbons (Fsp3) is 0.400. The van der Waals surface area contributed by atoms with Gasteiger partial charge in [-0.15, -0.1) is 0 Å². The van der Waals surface area contributed by atoms with E-state index in [0.717, 1.165) is 18.2 Å². The Morgan fingerprint density at radius 1 is 1.12 bits per heavy atom. The summed E-state index contributed by atoms with van der Waals surface area (Å²) in [4.78, 5) is -2.02. The molecule has 0 aromatic heterocycles. The Kier molecular flexibility index (Phi) is 4.08. The van der Waals surface area contributed by atoms with Crippen molar-refractivity contribution < 1.29 is 22.0 Å². The second-order valence-corrected chi connectivity index (χ2v) is 4.92. The number of rotatable bonds is 2. The van der Waals surface area contributed by atoms with E-state index in [1.807, 2.05) is 0 Å². The molecule has 17 heavy (non-hydrogen) atoms. The van der Waals surface area contributed by atoms with Gasteiger partial charge in [0.2, 0.25) is 0 Å². The van der Waals surface area contributed by atoms with E-state index in [9.17, 15) is 22.0 Å². The Bertz CT molecular complexity index is 410. The van der Waals surface area contributed by atoms with Crippen molar-refractivity contribution in [3.05, 3.63) is 34.3 Å². The van der Waals surface area contributed by atoms with Crippen molar-refractivity contribution >= 4 is 27.5 Å². The zero-order valence-corrected chi connectivity index (χ0v) is 10.8. The van der Waals surface area contributed by atoms with Crippen molar-refractivity contribution in [2.45, 2.75) is 23.8 Å². The summed E-state index contributed by atoms with van der Waals surface area (Å²) in [5.41, 5.74) is -0.893. The predicted molar refractivity (Wildman–Crippen MR) is 58.7 cm³/mol. The SMILES string of the molecule is CC(F)(F)c1cc(Cl)cc(C(Br)C(F)(F)F)c1. The molecule has 1 atom stereocenters. The second-order valence-electron chi connectivity index (χ2n) is 3.57. The molecule has 0 saturated heterocycles. The van der Waals surface area contributed by atoms with Gasteiger partial charge in [-0.1, -0.05) is 27.5 Å². The van der Waals surface area contributed by atoms with E-state index >= 15 is 0 Å². The molecule has 0 fully saturated rings. The van der Waals surface area contributed by atoms with Crippen molar-refractivity contribution in [3.63, 3.8) is 0 Å². The third-order valence-electron chi connectivity index (χ3n) is 2.01. The first kappa shape index (κ1) is 14.7. The number of halogens is 7. The van der Waals surface area contributed by atoms with E-state index in [2.05, 4.69) is 15.9 Å². The monoisotopic (exact) mass is 336 g/mol. The van der Waals surface area contributed by atoms with Gasteiger partial charge in [-0.05, 0) is 23.8 Å². The summed E-state index contributed by atoms with van der Waals surface area (Å²) in [7, 11) is 0. The van der Waals surface area contributed by atoms with E-state index < -0.39 is 22.5 Å². The molecule has 0 heterocycles. The predicted octanol–water partition coefficient (Wildman–Crippen LogP) is 5.45. The minimum Gasteiger partial charge on any atom is -0.202 e. The molecule has 96 valence electrons. The average Bonchev–Trinajstić information content (AvgIpc) is 2.12. The zero-order valence-electron chi connectivity index (χ0n) is 8.46. The van der Waals surface area contributed by atoms with Crippen LogP contribution in [0.15, 0.2) is 18.2 Å². The fourth-order valence-electron chi connectivity index (χ4n) is 1.20. The molecule has 0 bridgehead atoms. The summed E-state index contributed by atoms with van der Waals surface area (Å²) in [5.74, 6) is -3.24. The molecular weight excluding hydrogens is 330 g/mol. The lowest BCUT2D eigenvalue weighted by atomic mass is 10.0. The maximum atomic E-state index is 13.0. The summed E-state index contributed by atoms with van der Waals surface area (Å²) in [6.07, 6.45) is -4.56.